The molecule has 2 rings (SSSR count). The summed E-state index contributed by atoms with van der Waals surface area (Å²) < 4.78 is 0. The number of aromatic nitrogens is 1. The van der Waals surface area contributed by atoms with Gasteiger partial charge < -0.3 is 4.98 Å². The Morgan fingerprint density at radius 2 is 1.85 bits per heavy atom. The van der Waals surface area contributed by atoms with Gasteiger partial charge in [-0.1, -0.05) is 18.2 Å². The maximum absolute atomic E-state index is 10.4. The number of para-hydroxylation sites is 1. The van der Waals surface area contributed by atoms with Crippen LogP contribution >= 0.6 is 0 Å². The molecule has 13 heavy (non-hydrogen) atoms. The van der Waals surface area contributed by atoms with Crippen molar-refractivity contribution in [3.8, 4) is 0 Å². The lowest BCUT2D eigenvalue weighted by atomic mass is 10.2. The molecule has 1 heterocycles. The molecule has 0 fully saturated rings. The second kappa shape index (κ2) is 2.78. The number of nitrogens with zero attached hydrogens (tertiary/aromatic N) is 2. The normalized spacial score (nSPS) is 10.2. The summed E-state index contributed by atoms with van der Waals surface area (Å²) in [6.45, 7) is 0. The summed E-state index contributed by atoms with van der Waals surface area (Å²) in [6, 6.07) is 7.01. The first kappa shape index (κ1) is 7.60. The number of H-pyrrole nitrogens is 1. The van der Waals surface area contributed by atoms with Crippen LogP contribution in [-0.2, 0) is 0 Å². The fourth-order valence-corrected chi connectivity index (χ4v) is 1.27. The predicted molar refractivity (Wildman–Crippen MR) is 49.2 cm³/mol. The van der Waals surface area contributed by atoms with Gasteiger partial charge >= 0.3 is 0 Å². The Labute approximate surface area is 72.7 Å². The Balaban J connectivity index is 2.88. The second-order valence-electron chi connectivity index (χ2n) is 2.55. The third kappa shape index (κ3) is 1.01. The first-order chi connectivity index (χ1) is 6.36. The highest BCUT2D eigenvalue weighted by Crippen LogP contribution is 2.35. The van der Waals surface area contributed by atoms with Gasteiger partial charge in [-0.2, -0.15) is 0 Å². The Hall–Kier alpha value is -2.04. The Morgan fingerprint density at radius 3 is 2.54 bits per heavy atom. The highest BCUT2D eigenvalue weighted by atomic mass is 16.3. The summed E-state index contributed by atoms with van der Waals surface area (Å²) in [7, 11) is 0. The van der Waals surface area contributed by atoms with Crippen LogP contribution in [0.2, 0.25) is 0 Å². The molecule has 2 aromatic rings. The second-order valence-corrected chi connectivity index (χ2v) is 2.55. The van der Waals surface area contributed by atoms with E-state index in [4.69, 9.17) is 0 Å². The van der Waals surface area contributed by atoms with E-state index in [1.54, 1.807) is 24.3 Å². The quantitative estimate of drug-likeness (QED) is 0.712. The average Bonchev–Trinajstić information content (AvgIpc) is 2.55. The standard InChI is InChI=1S/C8H5N3O2/c12-10-7-5-3-1-2-4-6(5)9-8(7)11-13/h1-4,9H. The van der Waals surface area contributed by atoms with Gasteiger partial charge in [0.05, 0.1) is 0 Å². The van der Waals surface area contributed by atoms with E-state index in [0.29, 0.717) is 10.9 Å². The van der Waals surface area contributed by atoms with Crippen LogP contribution in [0, 0.1) is 9.81 Å². The summed E-state index contributed by atoms with van der Waals surface area (Å²) in [5.41, 5.74) is 0.761. The van der Waals surface area contributed by atoms with E-state index in [2.05, 4.69) is 15.3 Å². The monoisotopic (exact) mass is 175 g/mol. The summed E-state index contributed by atoms with van der Waals surface area (Å²) in [5, 5.41) is 6.05. The molecule has 1 N–H and O–H groups in total. The summed E-state index contributed by atoms with van der Waals surface area (Å²) in [6.07, 6.45) is 0. The number of nitroso groups, excluding NO2 is 2. The van der Waals surface area contributed by atoms with E-state index in [9.17, 15) is 9.81 Å². The van der Waals surface area contributed by atoms with Crippen molar-refractivity contribution in [1.82, 2.24) is 4.98 Å². The van der Waals surface area contributed by atoms with Crippen molar-refractivity contribution >= 4 is 22.4 Å². The maximum Gasteiger partial charge on any atom is 0.205 e. The lowest BCUT2D eigenvalue weighted by Gasteiger charge is -1.85. The Kier molecular flexibility index (Phi) is 1.63. The van der Waals surface area contributed by atoms with Gasteiger partial charge in [-0.3, -0.25) is 0 Å². The number of benzene rings is 1. The molecule has 0 amide bonds. The zero-order valence-corrected chi connectivity index (χ0v) is 6.52. The van der Waals surface area contributed by atoms with Crippen molar-refractivity contribution in [1.29, 1.82) is 0 Å². The fourth-order valence-electron chi connectivity index (χ4n) is 1.27. The lowest BCUT2D eigenvalue weighted by Crippen LogP contribution is -1.63. The van der Waals surface area contributed by atoms with Gasteiger partial charge in [0.15, 0.2) is 5.69 Å². The van der Waals surface area contributed by atoms with Gasteiger partial charge in [0.25, 0.3) is 0 Å². The molecule has 1 aromatic heterocycles. The number of hydrogen-bond acceptors (Lipinski definition) is 4. The van der Waals surface area contributed by atoms with E-state index in [1.807, 2.05) is 0 Å². The van der Waals surface area contributed by atoms with Crippen molar-refractivity contribution < 1.29 is 0 Å². The minimum atomic E-state index is -0.0174. The van der Waals surface area contributed by atoms with Gasteiger partial charge in [-0.05, 0) is 16.4 Å². The molecule has 0 unspecified atom stereocenters. The molecular weight excluding hydrogens is 170 g/mol. The third-order valence-electron chi connectivity index (χ3n) is 1.84. The highest BCUT2D eigenvalue weighted by Gasteiger charge is 2.11. The fraction of sp³-hybridized carbons (Fsp3) is 0. The van der Waals surface area contributed by atoms with E-state index >= 15 is 0 Å². The first-order valence-corrected chi connectivity index (χ1v) is 3.64. The largest absolute Gasteiger partial charge is 0.335 e. The lowest BCUT2D eigenvalue weighted by molar-refractivity contribution is 1.34. The molecule has 0 atom stereocenters. The molecule has 5 nitrogen and oxygen atoms in total. The van der Waals surface area contributed by atoms with E-state index in [0.717, 1.165) is 0 Å². The Morgan fingerprint density at radius 1 is 1.08 bits per heavy atom. The topological polar surface area (TPSA) is 74.7 Å². The first-order valence-electron chi connectivity index (χ1n) is 3.64. The van der Waals surface area contributed by atoms with Crippen LogP contribution in [0.15, 0.2) is 34.6 Å². The van der Waals surface area contributed by atoms with Crippen LogP contribution in [0.3, 0.4) is 0 Å². The molecule has 0 saturated carbocycles. The molecule has 0 aliphatic heterocycles. The molecule has 0 radical (unpaired) electrons. The van der Waals surface area contributed by atoms with Gasteiger partial charge in [-0.15, -0.1) is 9.81 Å². The molecule has 64 valence electrons. The SMILES string of the molecule is O=Nc1[nH]c2ccccc2c1N=O. The number of nitrogens with one attached hydrogen (secondary N) is 1. The van der Waals surface area contributed by atoms with Crippen molar-refractivity contribution in [3.63, 3.8) is 0 Å². The van der Waals surface area contributed by atoms with Crippen LogP contribution in [0.4, 0.5) is 11.5 Å². The van der Waals surface area contributed by atoms with Gasteiger partial charge in [0.1, 0.15) is 0 Å². The van der Waals surface area contributed by atoms with Crippen LogP contribution < -0.4 is 0 Å². The molecule has 0 spiro atoms. The smallest absolute Gasteiger partial charge is 0.205 e. The van der Waals surface area contributed by atoms with Crippen LogP contribution in [0.1, 0.15) is 0 Å². The molecule has 1 aromatic carbocycles. The maximum atomic E-state index is 10.4. The van der Waals surface area contributed by atoms with Crippen molar-refractivity contribution in [3.05, 3.63) is 34.1 Å². The van der Waals surface area contributed by atoms with Crippen LogP contribution in [-0.4, -0.2) is 4.98 Å². The van der Waals surface area contributed by atoms with Gasteiger partial charge in [0.2, 0.25) is 5.82 Å². The van der Waals surface area contributed by atoms with Crippen LogP contribution in [0.5, 0.6) is 0 Å². The molecule has 0 aliphatic carbocycles. The minimum absolute atomic E-state index is 0.0174. The number of fused-ring (bicyclic) bond motifs is 1. The third-order valence-corrected chi connectivity index (χ3v) is 1.84. The zero-order chi connectivity index (χ0) is 9.26. The van der Waals surface area contributed by atoms with Gasteiger partial charge in [-0.25, -0.2) is 0 Å². The molecule has 0 aliphatic rings. The Bertz CT molecular complexity index is 475. The molecule has 0 saturated heterocycles. The summed E-state index contributed by atoms with van der Waals surface area (Å²) >= 11 is 0. The van der Waals surface area contributed by atoms with E-state index in [1.165, 1.54) is 0 Å². The summed E-state index contributed by atoms with van der Waals surface area (Å²) in [4.78, 5) is 23.4. The minimum Gasteiger partial charge on any atom is -0.335 e. The van der Waals surface area contributed by atoms with Crippen molar-refractivity contribution in [2.24, 2.45) is 10.4 Å². The summed E-state index contributed by atoms with van der Waals surface area (Å²) in [5.74, 6) is -0.0174. The van der Waals surface area contributed by atoms with E-state index < -0.39 is 0 Å². The molecule has 0 bridgehead atoms. The van der Waals surface area contributed by atoms with Crippen LogP contribution in [0.25, 0.3) is 10.9 Å². The average molecular weight is 175 g/mol. The van der Waals surface area contributed by atoms with Crippen molar-refractivity contribution in [2.45, 2.75) is 0 Å². The number of hydrogen-bond donors (Lipinski definition) is 1. The number of rotatable bonds is 2. The highest BCUT2D eigenvalue weighted by molar-refractivity contribution is 5.96. The number of aromatic amines is 1. The predicted octanol–water partition coefficient (Wildman–Crippen LogP) is 2.96. The van der Waals surface area contributed by atoms with E-state index in [-0.39, 0.29) is 11.5 Å². The molecular formula is C8H5N3O2. The van der Waals surface area contributed by atoms with Gasteiger partial charge in [0, 0.05) is 10.9 Å². The zero-order valence-electron chi connectivity index (χ0n) is 6.52. The van der Waals surface area contributed by atoms with Crippen molar-refractivity contribution in [2.75, 3.05) is 0 Å². The molecule has 5 heteroatoms.